The van der Waals surface area contributed by atoms with E-state index in [-0.39, 0.29) is 16.3 Å². The van der Waals surface area contributed by atoms with Gasteiger partial charge in [0.05, 0.1) is 19.0 Å². The molecule has 0 bridgehead atoms. The van der Waals surface area contributed by atoms with Crippen LogP contribution in [-0.4, -0.2) is 45.4 Å². The average Bonchev–Trinajstić information content (AvgIpc) is 3.44. The van der Waals surface area contributed by atoms with Gasteiger partial charge in [0.15, 0.2) is 10.8 Å². The maximum Gasteiger partial charge on any atom is 0.261 e. The van der Waals surface area contributed by atoms with Crippen molar-refractivity contribution in [3.8, 4) is 0 Å². The van der Waals surface area contributed by atoms with Crippen molar-refractivity contribution in [2.24, 2.45) is 0 Å². The minimum atomic E-state index is -2.60. The van der Waals surface area contributed by atoms with E-state index in [0.29, 0.717) is 17.3 Å². The van der Waals surface area contributed by atoms with E-state index < -0.39 is 8.32 Å². The number of aromatic nitrogens is 4. The van der Waals surface area contributed by atoms with Crippen molar-refractivity contribution < 1.29 is 4.43 Å². The highest BCUT2D eigenvalue weighted by molar-refractivity contribution is 8.00. The maximum atomic E-state index is 7.18. The van der Waals surface area contributed by atoms with E-state index in [4.69, 9.17) is 16.0 Å². The van der Waals surface area contributed by atoms with Gasteiger partial charge in [0.25, 0.3) is 8.32 Å². The van der Waals surface area contributed by atoms with Crippen LogP contribution in [0.25, 0.3) is 11.2 Å². The molecule has 5 nitrogen and oxygen atoms in total. The fourth-order valence-electron chi connectivity index (χ4n) is 5.06. The van der Waals surface area contributed by atoms with Gasteiger partial charge in [-0.05, 0) is 21.0 Å². The summed E-state index contributed by atoms with van der Waals surface area (Å²) in [6, 6.07) is 21.6. The molecular weight excluding hydrogens is 492 g/mol. The van der Waals surface area contributed by atoms with Gasteiger partial charge in [0.1, 0.15) is 11.8 Å². The van der Waals surface area contributed by atoms with E-state index in [2.05, 4.69) is 108 Å². The summed E-state index contributed by atoms with van der Waals surface area (Å²) in [6.07, 6.45) is 3.28. The van der Waals surface area contributed by atoms with Gasteiger partial charge in [-0.15, -0.1) is 11.8 Å². The monoisotopic (exact) mass is 520 g/mol. The molecule has 1 aliphatic heterocycles. The molecular formula is C27H29ClN4OSSi. The van der Waals surface area contributed by atoms with E-state index in [1.165, 1.54) is 16.7 Å². The lowest BCUT2D eigenvalue weighted by Gasteiger charge is -2.43. The van der Waals surface area contributed by atoms with Gasteiger partial charge in [-0.1, -0.05) is 99.6 Å². The van der Waals surface area contributed by atoms with Gasteiger partial charge in [-0.3, -0.25) is 0 Å². The number of benzene rings is 2. The van der Waals surface area contributed by atoms with Crippen molar-refractivity contribution in [1.82, 2.24) is 19.5 Å². The summed E-state index contributed by atoms with van der Waals surface area (Å²) in [5, 5.41) is 3.06. The number of hydrogen-bond acceptors (Lipinski definition) is 5. The Morgan fingerprint density at radius 2 is 1.66 bits per heavy atom. The lowest BCUT2D eigenvalue weighted by Crippen LogP contribution is -2.67. The molecule has 2 aromatic carbocycles. The summed E-state index contributed by atoms with van der Waals surface area (Å²) in [4.78, 5) is 12.9. The summed E-state index contributed by atoms with van der Waals surface area (Å²) >= 11 is 8.12. The first-order chi connectivity index (χ1) is 16.8. The van der Waals surface area contributed by atoms with Crippen LogP contribution < -0.4 is 10.4 Å². The van der Waals surface area contributed by atoms with Gasteiger partial charge in [-0.2, -0.15) is 0 Å². The molecule has 0 unspecified atom stereocenters. The number of fused-ring (bicyclic) bond motifs is 1. The Balaban J connectivity index is 1.46. The summed E-state index contributed by atoms with van der Waals surface area (Å²) in [6.45, 7) is 12.0. The topological polar surface area (TPSA) is 52.8 Å². The lowest BCUT2D eigenvalue weighted by molar-refractivity contribution is 0.304. The molecule has 0 N–H and O–H groups in total. The number of hydrogen-bond donors (Lipinski definition) is 0. The standard InChI is InChI=1S/C27H29ClN4OSSi/c1-19-22(32-18-31-24-25(28)29-17-30-26(24)32)16-34-23(19)15-33-35(27(2,3)4,20-11-7-5-8-12-20)21-13-9-6-10-14-21/h5-14,17-18,22-23H,1,15-16H2,2-4H3/t22-,23-/m0/s1. The fourth-order valence-corrected chi connectivity index (χ4v) is 11.3. The highest BCUT2D eigenvalue weighted by Crippen LogP contribution is 2.42. The molecule has 5 rings (SSSR count). The predicted molar refractivity (Wildman–Crippen MR) is 148 cm³/mol. The number of thioether (sulfide) groups is 1. The molecule has 8 heteroatoms. The largest absolute Gasteiger partial charge is 0.406 e. The van der Waals surface area contributed by atoms with Gasteiger partial charge in [0, 0.05) is 11.0 Å². The van der Waals surface area contributed by atoms with Gasteiger partial charge >= 0.3 is 0 Å². The molecule has 180 valence electrons. The molecule has 1 aliphatic rings. The first-order valence-corrected chi connectivity index (χ1v) is 15.0. The average molecular weight is 521 g/mol. The molecule has 1 fully saturated rings. The van der Waals surface area contributed by atoms with E-state index in [1.807, 2.05) is 11.8 Å². The van der Waals surface area contributed by atoms with Crippen molar-refractivity contribution in [2.45, 2.75) is 37.1 Å². The first-order valence-electron chi connectivity index (χ1n) is 11.7. The highest BCUT2D eigenvalue weighted by atomic mass is 35.5. The Morgan fingerprint density at radius 3 is 2.26 bits per heavy atom. The minimum Gasteiger partial charge on any atom is -0.406 e. The first kappa shape index (κ1) is 24.3. The molecule has 0 radical (unpaired) electrons. The van der Waals surface area contributed by atoms with Crippen molar-refractivity contribution >= 4 is 53.2 Å². The zero-order valence-corrected chi connectivity index (χ0v) is 22.8. The van der Waals surface area contributed by atoms with Crippen molar-refractivity contribution in [1.29, 1.82) is 0 Å². The third-order valence-corrected chi connectivity index (χ3v) is 13.4. The summed E-state index contributed by atoms with van der Waals surface area (Å²) < 4.78 is 9.25. The van der Waals surface area contributed by atoms with Crippen molar-refractivity contribution in [3.63, 3.8) is 0 Å². The lowest BCUT2D eigenvalue weighted by atomic mass is 10.1. The van der Waals surface area contributed by atoms with Gasteiger partial charge < -0.3 is 8.99 Å². The normalized spacial score (nSPS) is 18.9. The van der Waals surface area contributed by atoms with Gasteiger partial charge in [-0.25, -0.2) is 15.0 Å². The summed E-state index contributed by atoms with van der Waals surface area (Å²) in [5.41, 5.74) is 2.49. The number of rotatable bonds is 6. The highest BCUT2D eigenvalue weighted by Gasteiger charge is 2.50. The quantitative estimate of drug-likeness (QED) is 0.197. The van der Waals surface area contributed by atoms with Crippen LogP contribution in [0.5, 0.6) is 0 Å². The van der Waals surface area contributed by atoms with E-state index in [0.717, 1.165) is 17.0 Å². The molecule has 0 aliphatic carbocycles. The second-order valence-corrected chi connectivity index (χ2v) is 15.8. The Morgan fingerprint density at radius 1 is 1.03 bits per heavy atom. The molecule has 0 saturated carbocycles. The third-order valence-electron chi connectivity index (χ3n) is 6.81. The zero-order chi connectivity index (χ0) is 24.6. The van der Waals surface area contributed by atoms with Crippen LogP contribution in [0, 0.1) is 0 Å². The molecule has 0 amide bonds. The third kappa shape index (κ3) is 4.25. The Kier molecular flexibility index (Phi) is 6.61. The molecule has 0 spiro atoms. The van der Waals surface area contributed by atoms with Crippen molar-refractivity contribution in [2.75, 3.05) is 12.4 Å². The zero-order valence-electron chi connectivity index (χ0n) is 20.2. The second-order valence-electron chi connectivity index (χ2n) is 9.88. The SMILES string of the molecule is C=C1[C@H](CO[Si](c2ccccc2)(c2ccccc2)C(C)(C)C)SC[C@@H]1n1cnc2c(Cl)ncnc21. The molecule has 35 heavy (non-hydrogen) atoms. The van der Waals surface area contributed by atoms with Crippen LogP contribution in [-0.2, 0) is 4.43 Å². The van der Waals surface area contributed by atoms with Crippen LogP contribution in [0.3, 0.4) is 0 Å². The minimum absolute atomic E-state index is 0.0616. The molecule has 2 atom stereocenters. The number of nitrogens with zero attached hydrogens (tertiary/aromatic N) is 4. The van der Waals surface area contributed by atoms with E-state index >= 15 is 0 Å². The Bertz CT molecular complexity index is 1300. The summed E-state index contributed by atoms with van der Waals surface area (Å²) in [7, 11) is -2.60. The molecule has 1 saturated heterocycles. The van der Waals surface area contributed by atoms with Crippen LogP contribution in [0.15, 0.2) is 85.5 Å². The van der Waals surface area contributed by atoms with Crippen molar-refractivity contribution in [3.05, 3.63) is 90.6 Å². The van der Waals surface area contributed by atoms with Crippen LogP contribution >= 0.6 is 23.4 Å². The predicted octanol–water partition coefficient (Wildman–Crippen LogP) is 5.27. The van der Waals surface area contributed by atoms with Crippen LogP contribution in [0.1, 0.15) is 26.8 Å². The number of halogens is 1. The Hall–Kier alpha value is -2.45. The summed E-state index contributed by atoms with van der Waals surface area (Å²) in [5.74, 6) is 0.890. The molecule has 3 heterocycles. The second kappa shape index (κ2) is 9.54. The van der Waals surface area contributed by atoms with E-state index in [1.54, 1.807) is 6.33 Å². The molecule has 4 aromatic rings. The molecule has 2 aromatic heterocycles. The van der Waals surface area contributed by atoms with Gasteiger partial charge in [0.2, 0.25) is 0 Å². The fraction of sp³-hybridized carbons (Fsp3) is 0.296. The maximum absolute atomic E-state index is 7.18. The number of imidazole rings is 1. The van der Waals surface area contributed by atoms with E-state index in [9.17, 15) is 0 Å². The van der Waals surface area contributed by atoms with Crippen LogP contribution in [0.4, 0.5) is 0 Å². The smallest absolute Gasteiger partial charge is 0.261 e. The Labute approximate surface area is 216 Å². The van der Waals surface area contributed by atoms with Crippen LogP contribution in [0.2, 0.25) is 10.2 Å².